The Bertz CT molecular complexity index is 2280. The average Bonchev–Trinajstić information content (AvgIpc) is 3.42. The second-order valence-corrected chi connectivity index (χ2v) is 15.7. The molecule has 2 N–H and O–H groups in total. The first-order chi connectivity index (χ1) is 26.6. The van der Waals surface area contributed by atoms with Crippen LogP contribution in [0, 0.1) is 28.5 Å². The number of carbonyl (C=O) groups excluding carboxylic acids is 2. The van der Waals surface area contributed by atoms with Crippen molar-refractivity contribution in [3.63, 3.8) is 0 Å². The number of aromatic nitrogens is 5. The number of amides is 1. The molecule has 0 spiro atoms. The second-order valence-electron chi connectivity index (χ2n) is 15.3. The molecule has 0 radical (unpaired) electrons. The Morgan fingerprint density at radius 2 is 1.77 bits per heavy atom. The molecule has 2 aromatic heterocycles. The topological polar surface area (TPSA) is 134 Å². The molecule has 4 aromatic rings. The SMILES string of the molecule is CC(C)(C)C[C@]1(c2ccc(C#Cc3cnn(C(F)F)c3)c(F)c2)N=C(N)N(C(COC(=O)CC2(C(C)(F)F)CC2)c2ccc(Cl)c(-n3ncnc3C(F)F)c2)C1=O. The lowest BCUT2D eigenvalue weighted by Crippen LogP contribution is -2.47. The van der Waals surface area contributed by atoms with Crippen LogP contribution in [0.3, 0.4) is 0 Å². The van der Waals surface area contributed by atoms with E-state index in [0.717, 1.165) is 41.3 Å². The fourth-order valence-corrected chi connectivity index (χ4v) is 7.02. The third kappa shape index (κ3) is 8.34. The van der Waals surface area contributed by atoms with Crippen molar-refractivity contribution >= 4 is 29.4 Å². The molecule has 0 bridgehead atoms. The van der Waals surface area contributed by atoms with Crippen molar-refractivity contribution in [1.29, 1.82) is 0 Å². The zero-order chi connectivity index (χ0) is 41.7. The van der Waals surface area contributed by atoms with Crippen molar-refractivity contribution in [2.75, 3.05) is 6.61 Å². The number of carbonyl (C=O) groups is 2. The Labute approximate surface area is 327 Å². The van der Waals surface area contributed by atoms with Crippen LogP contribution in [0.4, 0.5) is 30.7 Å². The van der Waals surface area contributed by atoms with Crippen molar-refractivity contribution in [2.45, 2.75) is 83.9 Å². The van der Waals surface area contributed by atoms with E-state index in [-0.39, 0.29) is 58.2 Å². The van der Waals surface area contributed by atoms with Crippen molar-refractivity contribution in [1.82, 2.24) is 29.4 Å². The van der Waals surface area contributed by atoms with Gasteiger partial charge in [-0.1, -0.05) is 56.3 Å². The van der Waals surface area contributed by atoms with E-state index in [4.69, 9.17) is 22.1 Å². The van der Waals surface area contributed by atoms with Crippen LogP contribution in [0.25, 0.3) is 5.69 Å². The fourth-order valence-electron chi connectivity index (χ4n) is 6.82. The molecule has 3 heterocycles. The molecule has 57 heavy (non-hydrogen) atoms. The number of nitrogens with two attached hydrogens (primary N) is 1. The van der Waals surface area contributed by atoms with E-state index < -0.39 is 77.9 Å². The number of benzene rings is 2. The predicted molar refractivity (Wildman–Crippen MR) is 192 cm³/mol. The number of hydrogen-bond donors (Lipinski definition) is 1. The lowest BCUT2D eigenvalue weighted by molar-refractivity contribution is -0.153. The van der Waals surface area contributed by atoms with Crippen LogP contribution in [0.1, 0.15) is 100 Å². The molecule has 2 atom stereocenters. The van der Waals surface area contributed by atoms with E-state index in [1.807, 2.05) is 20.8 Å². The first kappa shape index (κ1) is 41.2. The smallest absolute Gasteiger partial charge is 0.333 e. The van der Waals surface area contributed by atoms with Gasteiger partial charge >= 0.3 is 12.5 Å². The number of nitrogens with zero attached hydrogens (tertiary/aromatic N) is 7. The van der Waals surface area contributed by atoms with Crippen LogP contribution in [0.5, 0.6) is 0 Å². The van der Waals surface area contributed by atoms with Gasteiger partial charge in [0.1, 0.15) is 18.8 Å². The van der Waals surface area contributed by atoms with Gasteiger partial charge in [0.2, 0.25) is 0 Å². The second kappa shape index (κ2) is 15.1. The third-order valence-corrected chi connectivity index (χ3v) is 10.2. The minimum Gasteiger partial charge on any atom is -0.463 e. The highest BCUT2D eigenvalue weighted by atomic mass is 35.5. The molecule has 1 saturated carbocycles. The summed E-state index contributed by atoms with van der Waals surface area (Å²) >= 11 is 6.43. The minimum atomic E-state index is -3.17. The quantitative estimate of drug-likeness (QED) is 0.0874. The highest BCUT2D eigenvalue weighted by Gasteiger charge is 2.60. The molecule has 2 aliphatic rings. The first-order valence-electron chi connectivity index (χ1n) is 17.5. The summed E-state index contributed by atoms with van der Waals surface area (Å²) in [6, 6.07) is 6.50. The monoisotopic (exact) mass is 820 g/mol. The molecule has 1 unspecified atom stereocenters. The Morgan fingerprint density at radius 1 is 1.05 bits per heavy atom. The van der Waals surface area contributed by atoms with Gasteiger partial charge in [-0.2, -0.15) is 19.0 Å². The number of guanidine groups is 1. The molecule has 2 aromatic carbocycles. The summed E-state index contributed by atoms with van der Waals surface area (Å²) in [5, 5.41) is 7.34. The van der Waals surface area contributed by atoms with E-state index >= 15 is 4.39 Å². The maximum absolute atomic E-state index is 15.8. The molecule has 1 aliphatic carbocycles. The molecule has 0 saturated heterocycles. The van der Waals surface area contributed by atoms with E-state index in [2.05, 4.69) is 32.0 Å². The lowest BCUT2D eigenvalue weighted by Gasteiger charge is -2.35. The minimum absolute atomic E-state index is 0.0313. The summed E-state index contributed by atoms with van der Waals surface area (Å²) in [6.07, 6.45) is -0.510. The number of hydrogen-bond acceptors (Lipinski definition) is 8. The highest BCUT2D eigenvalue weighted by molar-refractivity contribution is 6.32. The summed E-state index contributed by atoms with van der Waals surface area (Å²) in [5.74, 6) is -1.77. The third-order valence-electron chi connectivity index (χ3n) is 9.83. The molecular formula is C38H36ClF7N8O3. The fraction of sp³-hybridized carbons (Fsp3) is 0.421. The Kier molecular flexibility index (Phi) is 10.9. The number of aliphatic imine (C=N–C) groups is 1. The van der Waals surface area contributed by atoms with Gasteiger partial charge in [-0.25, -0.2) is 41.3 Å². The van der Waals surface area contributed by atoms with Gasteiger partial charge in [0.15, 0.2) is 17.3 Å². The van der Waals surface area contributed by atoms with Gasteiger partial charge in [0.25, 0.3) is 18.3 Å². The zero-order valence-electron chi connectivity index (χ0n) is 30.9. The number of alkyl halides is 6. The van der Waals surface area contributed by atoms with Crippen LogP contribution in [0.15, 0.2) is 60.1 Å². The molecular weight excluding hydrogens is 785 g/mol. The van der Waals surface area contributed by atoms with Gasteiger partial charge in [-0.05, 0) is 67.0 Å². The van der Waals surface area contributed by atoms with Gasteiger partial charge in [-0.15, -0.1) is 0 Å². The summed E-state index contributed by atoms with van der Waals surface area (Å²) in [6.45, 7) is 2.62. The normalized spacial score (nSPS) is 18.5. The van der Waals surface area contributed by atoms with E-state index in [1.165, 1.54) is 30.3 Å². The first-order valence-corrected chi connectivity index (χ1v) is 17.9. The summed E-state index contributed by atoms with van der Waals surface area (Å²) < 4.78 is 105. The number of esters is 1. The van der Waals surface area contributed by atoms with Gasteiger partial charge in [-0.3, -0.25) is 14.5 Å². The number of halogens is 8. The average molecular weight is 821 g/mol. The Morgan fingerprint density at radius 3 is 2.37 bits per heavy atom. The summed E-state index contributed by atoms with van der Waals surface area (Å²) in [5.41, 5.74) is 2.52. The highest BCUT2D eigenvalue weighted by Crippen LogP contribution is 2.59. The van der Waals surface area contributed by atoms with Crippen molar-refractivity contribution in [2.24, 2.45) is 21.6 Å². The maximum atomic E-state index is 15.8. The van der Waals surface area contributed by atoms with Gasteiger partial charge in [0.05, 0.1) is 40.5 Å². The van der Waals surface area contributed by atoms with E-state index in [0.29, 0.717) is 4.68 Å². The van der Waals surface area contributed by atoms with E-state index in [1.54, 1.807) is 0 Å². The van der Waals surface area contributed by atoms with Crippen molar-refractivity contribution in [3.8, 4) is 17.5 Å². The lowest BCUT2D eigenvalue weighted by atomic mass is 9.75. The molecule has 6 rings (SSSR count). The molecule has 1 aliphatic heterocycles. The van der Waals surface area contributed by atoms with Crippen molar-refractivity contribution in [3.05, 3.63) is 94.0 Å². The van der Waals surface area contributed by atoms with Crippen molar-refractivity contribution < 1.29 is 45.1 Å². The molecule has 19 heteroatoms. The van der Waals surface area contributed by atoms with Crippen LogP contribution >= 0.6 is 11.6 Å². The van der Waals surface area contributed by atoms with Crippen LogP contribution in [-0.2, 0) is 19.9 Å². The summed E-state index contributed by atoms with van der Waals surface area (Å²) in [7, 11) is 0. The van der Waals surface area contributed by atoms with Crippen LogP contribution in [-0.4, -0.2) is 59.8 Å². The maximum Gasteiger partial charge on any atom is 0.333 e. The Balaban J connectivity index is 1.40. The Hall–Kier alpha value is -5.44. The van der Waals surface area contributed by atoms with Gasteiger partial charge < -0.3 is 10.5 Å². The van der Waals surface area contributed by atoms with E-state index in [9.17, 15) is 35.9 Å². The molecule has 1 amide bonds. The predicted octanol–water partition coefficient (Wildman–Crippen LogP) is 7.89. The molecule has 1 fully saturated rings. The zero-order valence-corrected chi connectivity index (χ0v) is 31.7. The standard InChI is InChI=1S/C38H36ClF7N8O3/c1-35(2,3)19-38(24-9-7-22(26(40)14-24)6-5-21-16-49-52(17-21)33(43)44)32(56)53(34(47)51-38)28(18-57-29(55)15-37(11-12-37)36(4,45)46)23-8-10-25(39)27(13-23)54-31(30(41)42)48-20-50-54/h7-10,13-14,16-17,20,28,30,33H,11-12,15,18-19H2,1-4H3,(H2,47,51)/t28?,38-/m1/s1. The molecule has 302 valence electrons. The van der Waals surface area contributed by atoms with Gasteiger partial charge in [0, 0.05) is 11.6 Å². The largest absolute Gasteiger partial charge is 0.463 e. The number of ether oxygens (including phenoxy) is 1. The van der Waals surface area contributed by atoms with Crippen LogP contribution < -0.4 is 5.73 Å². The molecule has 11 nitrogen and oxygen atoms in total. The van der Waals surface area contributed by atoms with Crippen LogP contribution in [0.2, 0.25) is 5.02 Å². The summed E-state index contributed by atoms with van der Waals surface area (Å²) in [4.78, 5) is 37.3. The number of rotatable bonds is 12.